The molecule has 0 aliphatic heterocycles. The molecule has 1 aromatic carbocycles. The second-order valence-electron chi connectivity index (χ2n) is 5.68. The SMILES string of the molecule is CCOC(=O)c1cc(C(C)C)sc1NC(=O)CNc1cccc(F)c1. The second kappa shape index (κ2) is 8.62. The third-order valence-electron chi connectivity index (χ3n) is 3.35. The highest BCUT2D eigenvalue weighted by Crippen LogP contribution is 2.33. The average molecular weight is 364 g/mol. The molecule has 25 heavy (non-hydrogen) atoms. The lowest BCUT2D eigenvalue weighted by Gasteiger charge is -2.08. The number of carbonyl (C=O) groups is 2. The van der Waals surface area contributed by atoms with Crippen molar-refractivity contribution in [3.8, 4) is 0 Å². The number of amides is 1. The summed E-state index contributed by atoms with van der Waals surface area (Å²) in [6.07, 6.45) is 0. The first-order valence-electron chi connectivity index (χ1n) is 8.00. The average Bonchev–Trinajstić information content (AvgIpc) is 2.97. The molecule has 0 aliphatic carbocycles. The van der Waals surface area contributed by atoms with E-state index in [1.54, 1.807) is 25.1 Å². The van der Waals surface area contributed by atoms with Crippen LogP contribution in [-0.2, 0) is 9.53 Å². The number of thiophene rings is 1. The van der Waals surface area contributed by atoms with Gasteiger partial charge in [0.2, 0.25) is 5.91 Å². The van der Waals surface area contributed by atoms with E-state index in [2.05, 4.69) is 10.6 Å². The van der Waals surface area contributed by atoms with Crippen molar-refractivity contribution in [2.75, 3.05) is 23.8 Å². The smallest absolute Gasteiger partial charge is 0.341 e. The highest BCUT2D eigenvalue weighted by molar-refractivity contribution is 7.16. The molecule has 0 bridgehead atoms. The lowest BCUT2D eigenvalue weighted by molar-refractivity contribution is -0.114. The molecule has 0 atom stereocenters. The number of rotatable bonds is 7. The minimum absolute atomic E-state index is 0.0410. The van der Waals surface area contributed by atoms with Crippen molar-refractivity contribution in [1.82, 2.24) is 0 Å². The van der Waals surface area contributed by atoms with E-state index in [-0.39, 0.29) is 30.8 Å². The topological polar surface area (TPSA) is 67.4 Å². The number of hydrogen-bond donors (Lipinski definition) is 2. The summed E-state index contributed by atoms with van der Waals surface area (Å²) in [7, 11) is 0. The van der Waals surface area contributed by atoms with Crippen LogP contribution in [0.1, 0.15) is 41.9 Å². The van der Waals surface area contributed by atoms with E-state index in [0.29, 0.717) is 16.3 Å². The molecule has 0 saturated heterocycles. The molecule has 2 rings (SSSR count). The molecule has 1 amide bonds. The maximum atomic E-state index is 13.1. The van der Waals surface area contributed by atoms with Gasteiger partial charge < -0.3 is 15.4 Å². The molecule has 1 aromatic heterocycles. The van der Waals surface area contributed by atoms with E-state index >= 15 is 0 Å². The monoisotopic (exact) mass is 364 g/mol. The van der Waals surface area contributed by atoms with Gasteiger partial charge in [-0.1, -0.05) is 19.9 Å². The van der Waals surface area contributed by atoms with Gasteiger partial charge in [0.05, 0.1) is 18.7 Å². The van der Waals surface area contributed by atoms with E-state index in [9.17, 15) is 14.0 Å². The van der Waals surface area contributed by atoms with Crippen LogP contribution < -0.4 is 10.6 Å². The Hall–Kier alpha value is -2.41. The molecule has 5 nitrogen and oxygen atoms in total. The molecule has 7 heteroatoms. The number of carbonyl (C=O) groups excluding carboxylic acids is 2. The predicted octanol–water partition coefficient (Wildman–Crippen LogP) is 4.24. The molecule has 1 heterocycles. The zero-order valence-corrected chi connectivity index (χ0v) is 15.2. The van der Waals surface area contributed by atoms with Crippen molar-refractivity contribution in [2.45, 2.75) is 26.7 Å². The molecule has 134 valence electrons. The number of benzene rings is 1. The molecule has 2 N–H and O–H groups in total. The maximum Gasteiger partial charge on any atom is 0.341 e. The Kier molecular flexibility index (Phi) is 6.52. The third-order valence-corrected chi connectivity index (χ3v) is 4.70. The van der Waals surface area contributed by atoms with Crippen LogP contribution in [-0.4, -0.2) is 25.0 Å². The van der Waals surface area contributed by atoms with Gasteiger partial charge in [0.15, 0.2) is 0 Å². The number of halogens is 1. The van der Waals surface area contributed by atoms with Gasteiger partial charge in [-0.05, 0) is 37.1 Å². The Morgan fingerprint density at radius 2 is 2.04 bits per heavy atom. The quantitative estimate of drug-likeness (QED) is 0.721. The van der Waals surface area contributed by atoms with Crippen molar-refractivity contribution < 1.29 is 18.7 Å². The zero-order valence-electron chi connectivity index (χ0n) is 14.4. The first-order chi connectivity index (χ1) is 11.9. The number of anilines is 2. The normalized spacial score (nSPS) is 10.6. The van der Waals surface area contributed by atoms with E-state index < -0.39 is 5.97 Å². The fourth-order valence-corrected chi connectivity index (χ4v) is 3.16. The van der Waals surface area contributed by atoms with Crippen molar-refractivity contribution in [3.63, 3.8) is 0 Å². The molecule has 0 fully saturated rings. The van der Waals surface area contributed by atoms with E-state index in [4.69, 9.17) is 4.74 Å². The minimum atomic E-state index is -0.459. The Morgan fingerprint density at radius 1 is 1.28 bits per heavy atom. The number of nitrogens with one attached hydrogen (secondary N) is 2. The highest BCUT2D eigenvalue weighted by atomic mass is 32.1. The molecule has 0 aliphatic rings. The maximum absolute atomic E-state index is 13.1. The minimum Gasteiger partial charge on any atom is -0.462 e. The summed E-state index contributed by atoms with van der Waals surface area (Å²) < 4.78 is 18.2. The number of esters is 1. The van der Waals surface area contributed by atoms with E-state index in [0.717, 1.165) is 4.88 Å². The fraction of sp³-hybridized carbons (Fsp3) is 0.333. The van der Waals surface area contributed by atoms with Crippen molar-refractivity contribution in [2.24, 2.45) is 0 Å². The van der Waals surface area contributed by atoms with Crippen LogP contribution in [0, 0.1) is 5.82 Å². The van der Waals surface area contributed by atoms with Crippen molar-refractivity contribution >= 4 is 33.9 Å². The van der Waals surface area contributed by atoms with Crippen LogP contribution in [0.25, 0.3) is 0 Å². The van der Waals surface area contributed by atoms with Crippen LogP contribution >= 0.6 is 11.3 Å². The molecular weight excluding hydrogens is 343 g/mol. The van der Waals surface area contributed by atoms with Crippen molar-refractivity contribution in [3.05, 3.63) is 46.6 Å². The van der Waals surface area contributed by atoms with Crippen molar-refractivity contribution in [1.29, 1.82) is 0 Å². The first kappa shape index (κ1) is 18.9. The van der Waals surface area contributed by atoms with Crippen LogP contribution in [0.3, 0.4) is 0 Å². The Morgan fingerprint density at radius 3 is 2.68 bits per heavy atom. The van der Waals surface area contributed by atoms with Crippen LogP contribution in [0.5, 0.6) is 0 Å². The highest BCUT2D eigenvalue weighted by Gasteiger charge is 2.20. The molecule has 2 aromatic rings. The zero-order chi connectivity index (χ0) is 18.4. The summed E-state index contributed by atoms with van der Waals surface area (Å²) in [4.78, 5) is 25.2. The number of hydrogen-bond acceptors (Lipinski definition) is 5. The summed E-state index contributed by atoms with van der Waals surface area (Å²) in [5.41, 5.74) is 0.865. The van der Waals surface area contributed by atoms with Crippen LogP contribution in [0.2, 0.25) is 0 Å². The summed E-state index contributed by atoms with van der Waals surface area (Å²) >= 11 is 1.35. The number of ether oxygens (including phenoxy) is 1. The Bertz CT molecular complexity index is 759. The second-order valence-corrected chi connectivity index (χ2v) is 6.76. The lowest BCUT2D eigenvalue weighted by Crippen LogP contribution is -2.22. The summed E-state index contributed by atoms with van der Waals surface area (Å²) in [5.74, 6) is -0.935. The Labute approximate surface area is 150 Å². The molecule has 0 unspecified atom stereocenters. The Balaban J connectivity index is 2.07. The molecule has 0 spiro atoms. The largest absolute Gasteiger partial charge is 0.462 e. The first-order valence-corrected chi connectivity index (χ1v) is 8.82. The van der Waals surface area contributed by atoms with Gasteiger partial charge in [0.1, 0.15) is 10.8 Å². The van der Waals surface area contributed by atoms with Gasteiger partial charge in [-0.25, -0.2) is 9.18 Å². The fourth-order valence-electron chi connectivity index (χ4n) is 2.10. The van der Waals surface area contributed by atoms with Gasteiger partial charge in [-0.3, -0.25) is 4.79 Å². The standard InChI is InChI=1S/C18H21FN2O3S/c1-4-24-18(23)14-9-15(11(2)3)25-17(14)21-16(22)10-20-13-7-5-6-12(19)8-13/h5-9,11,20H,4,10H2,1-3H3,(H,21,22). The van der Waals surface area contributed by atoms with Gasteiger partial charge in [-0.15, -0.1) is 11.3 Å². The molecular formula is C18H21FN2O3S. The predicted molar refractivity (Wildman–Crippen MR) is 97.9 cm³/mol. The van der Waals surface area contributed by atoms with Gasteiger partial charge >= 0.3 is 5.97 Å². The van der Waals surface area contributed by atoms with E-state index in [1.165, 1.54) is 23.5 Å². The van der Waals surface area contributed by atoms with Crippen LogP contribution in [0.15, 0.2) is 30.3 Å². The summed E-state index contributed by atoms with van der Waals surface area (Å²) in [5, 5.41) is 6.04. The lowest BCUT2D eigenvalue weighted by atomic mass is 10.1. The van der Waals surface area contributed by atoms with Gasteiger partial charge in [0.25, 0.3) is 0 Å². The molecule has 0 radical (unpaired) electrons. The third kappa shape index (κ3) is 5.29. The van der Waals surface area contributed by atoms with Gasteiger partial charge in [-0.2, -0.15) is 0 Å². The molecule has 0 saturated carbocycles. The summed E-state index contributed by atoms with van der Waals surface area (Å²) in [6, 6.07) is 7.61. The summed E-state index contributed by atoms with van der Waals surface area (Å²) in [6.45, 7) is 5.98. The van der Waals surface area contributed by atoms with E-state index in [1.807, 2.05) is 13.8 Å². The van der Waals surface area contributed by atoms with Crippen LogP contribution in [0.4, 0.5) is 15.1 Å². The van der Waals surface area contributed by atoms with Gasteiger partial charge in [0, 0.05) is 10.6 Å².